The average Bonchev–Trinajstić information content (AvgIpc) is 2.72. The molecule has 7 heteroatoms. The second-order valence-corrected chi connectivity index (χ2v) is 9.20. The lowest BCUT2D eigenvalue weighted by Gasteiger charge is -2.51. The zero-order chi connectivity index (χ0) is 23.7. The fourth-order valence-electron chi connectivity index (χ4n) is 4.79. The Kier molecular flexibility index (Phi) is 6.40. The SMILES string of the molecule is CCCCC(=O)N1c2ccc(NC(=O)C(F)(F)F)cc2[C@@](C)(c2ccccc2)CC1(C)C. The lowest BCUT2D eigenvalue weighted by Crippen LogP contribution is -2.55. The number of hydrogen-bond donors (Lipinski definition) is 1. The summed E-state index contributed by atoms with van der Waals surface area (Å²) in [7, 11) is 0. The highest BCUT2D eigenvalue weighted by Crippen LogP contribution is 2.51. The molecule has 2 aromatic rings. The van der Waals surface area contributed by atoms with Gasteiger partial charge in [0.2, 0.25) is 5.91 Å². The first-order valence-corrected chi connectivity index (χ1v) is 10.8. The molecule has 1 atom stereocenters. The van der Waals surface area contributed by atoms with E-state index >= 15 is 0 Å². The number of fused-ring (bicyclic) bond motifs is 1. The Bertz CT molecular complexity index is 1000. The van der Waals surface area contributed by atoms with Gasteiger partial charge < -0.3 is 10.2 Å². The Morgan fingerprint density at radius 2 is 1.72 bits per heavy atom. The van der Waals surface area contributed by atoms with Crippen molar-refractivity contribution in [1.29, 1.82) is 0 Å². The van der Waals surface area contributed by atoms with Gasteiger partial charge in [-0.25, -0.2) is 0 Å². The molecule has 32 heavy (non-hydrogen) atoms. The number of rotatable bonds is 5. The Morgan fingerprint density at radius 3 is 2.31 bits per heavy atom. The van der Waals surface area contributed by atoms with Crippen molar-refractivity contribution in [2.24, 2.45) is 0 Å². The number of nitrogens with one attached hydrogen (secondary N) is 1. The van der Waals surface area contributed by atoms with Gasteiger partial charge in [0, 0.05) is 28.7 Å². The van der Waals surface area contributed by atoms with E-state index in [9.17, 15) is 22.8 Å². The van der Waals surface area contributed by atoms with Crippen LogP contribution in [0, 0.1) is 0 Å². The molecule has 0 saturated heterocycles. The number of carbonyl (C=O) groups is 2. The number of nitrogens with zero attached hydrogens (tertiary/aromatic N) is 1. The van der Waals surface area contributed by atoms with Crippen molar-refractivity contribution in [2.45, 2.75) is 70.5 Å². The van der Waals surface area contributed by atoms with Crippen LogP contribution >= 0.6 is 0 Å². The number of anilines is 2. The molecule has 0 unspecified atom stereocenters. The van der Waals surface area contributed by atoms with Gasteiger partial charge in [-0.15, -0.1) is 0 Å². The third-order valence-electron chi connectivity index (χ3n) is 6.14. The second-order valence-electron chi connectivity index (χ2n) is 9.20. The molecule has 2 amide bonds. The van der Waals surface area contributed by atoms with Gasteiger partial charge >= 0.3 is 12.1 Å². The Labute approximate surface area is 186 Å². The first-order valence-electron chi connectivity index (χ1n) is 10.8. The third-order valence-corrected chi connectivity index (χ3v) is 6.14. The maximum absolute atomic E-state index is 13.2. The van der Waals surface area contributed by atoms with E-state index in [1.165, 1.54) is 6.07 Å². The van der Waals surface area contributed by atoms with Gasteiger partial charge in [-0.1, -0.05) is 50.6 Å². The van der Waals surface area contributed by atoms with Gasteiger partial charge in [-0.2, -0.15) is 13.2 Å². The molecule has 2 aromatic carbocycles. The lowest BCUT2D eigenvalue weighted by atomic mass is 9.65. The third kappa shape index (κ3) is 4.52. The first-order chi connectivity index (χ1) is 14.9. The molecule has 3 rings (SSSR count). The average molecular weight is 447 g/mol. The topological polar surface area (TPSA) is 49.4 Å². The van der Waals surface area contributed by atoms with Gasteiger partial charge in [0.15, 0.2) is 0 Å². The van der Waals surface area contributed by atoms with Crippen LogP contribution in [0.1, 0.15) is 64.5 Å². The fourth-order valence-corrected chi connectivity index (χ4v) is 4.79. The summed E-state index contributed by atoms with van der Waals surface area (Å²) in [6, 6.07) is 14.3. The van der Waals surface area contributed by atoms with Gasteiger partial charge in [0.05, 0.1) is 0 Å². The summed E-state index contributed by atoms with van der Waals surface area (Å²) in [5.74, 6) is -2.04. The van der Waals surface area contributed by atoms with E-state index in [0.29, 0.717) is 24.1 Å². The van der Waals surface area contributed by atoms with Gasteiger partial charge in [0.25, 0.3) is 0 Å². The zero-order valence-electron chi connectivity index (χ0n) is 18.8. The van der Waals surface area contributed by atoms with E-state index in [4.69, 9.17) is 0 Å². The molecular weight excluding hydrogens is 417 g/mol. The summed E-state index contributed by atoms with van der Waals surface area (Å²) in [6.07, 6.45) is -2.37. The molecule has 0 radical (unpaired) electrons. The summed E-state index contributed by atoms with van der Waals surface area (Å²) in [5, 5.41) is 1.95. The van der Waals surface area contributed by atoms with Crippen molar-refractivity contribution >= 4 is 23.2 Å². The van der Waals surface area contributed by atoms with Crippen molar-refractivity contribution in [1.82, 2.24) is 0 Å². The number of amides is 2. The highest BCUT2D eigenvalue weighted by Gasteiger charge is 2.48. The van der Waals surface area contributed by atoms with Gasteiger partial charge in [-0.05, 0) is 56.0 Å². The molecule has 1 N–H and O–H groups in total. The van der Waals surface area contributed by atoms with Crippen LogP contribution < -0.4 is 10.2 Å². The zero-order valence-corrected chi connectivity index (χ0v) is 18.8. The summed E-state index contributed by atoms with van der Waals surface area (Å²) < 4.78 is 38.4. The molecule has 0 bridgehead atoms. The van der Waals surface area contributed by atoms with E-state index in [0.717, 1.165) is 18.4 Å². The molecule has 0 aromatic heterocycles. The van der Waals surface area contributed by atoms with Crippen molar-refractivity contribution < 1.29 is 22.8 Å². The van der Waals surface area contributed by atoms with Crippen molar-refractivity contribution in [2.75, 3.05) is 10.2 Å². The van der Waals surface area contributed by atoms with E-state index in [2.05, 4.69) is 0 Å². The van der Waals surface area contributed by atoms with E-state index in [-0.39, 0.29) is 11.6 Å². The number of carbonyl (C=O) groups excluding carboxylic acids is 2. The molecular formula is C25H29F3N2O2. The molecule has 4 nitrogen and oxygen atoms in total. The van der Waals surface area contributed by atoms with Crippen molar-refractivity contribution in [3.63, 3.8) is 0 Å². The lowest BCUT2D eigenvalue weighted by molar-refractivity contribution is -0.167. The van der Waals surface area contributed by atoms with Crippen LogP contribution in [-0.4, -0.2) is 23.5 Å². The van der Waals surface area contributed by atoms with Crippen LogP contribution in [0.3, 0.4) is 0 Å². The number of alkyl halides is 3. The Hall–Kier alpha value is -2.83. The standard InChI is InChI=1S/C25H29F3N2O2/c1-5-6-12-21(31)30-20-14-13-18(29-22(32)25(26,27)28)15-19(20)24(4,16-23(30,2)3)17-10-8-7-9-11-17/h7-11,13-15H,5-6,12,16H2,1-4H3,(H,29,32)/t24-/m1/s1. The highest BCUT2D eigenvalue weighted by molar-refractivity contribution is 5.98. The molecule has 172 valence electrons. The minimum absolute atomic E-state index is 0.0136. The first kappa shape index (κ1) is 23.8. The van der Waals surface area contributed by atoms with Gasteiger partial charge in [0.1, 0.15) is 0 Å². The van der Waals surface area contributed by atoms with E-state index in [1.807, 2.05) is 63.3 Å². The monoisotopic (exact) mass is 446 g/mol. The van der Waals surface area contributed by atoms with Crippen LogP contribution in [0.25, 0.3) is 0 Å². The minimum Gasteiger partial charge on any atom is -0.318 e. The molecule has 0 aliphatic carbocycles. The maximum atomic E-state index is 13.2. The predicted molar refractivity (Wildman–Crippen MR) is 120 cm³/mol. The van der Waals surface area contributed by atoms with Crippen LogP contribution in [0.4, 0.5) is 24.5 Å². The van der Waals surface area contributed by atoms with Crippen molar-refractivity contribution in [3.05, 3.63) is 59.7 Å². The smallest absolute Gasteiger partial charge is 0.318 e. The molecule has 0 saturated carbocycles. The summed E-state index contributed by atoms with van der Waals surface area (Å²) >= 11 is 0. The molecule has 1 heterocycles. The Balaban J connectivity index is 2.16. The minimum atomic E-state index is -4.98. The predicted octanol–water partition coefficient (Wildman–Crippen LogP) is 6.20. The summed E-state index contributed by atoms with van der Waals surface area (Å²) in [4.78, 5) is 26.5. The summed E-state index contributed by atoms with van der Waals surface area (Å²) in [6.45, 7) is 8.08. The van der Waals surface area contributed by atoms with Crippen LogP contribution in [0.15, 0.2) is 48.5 Å². The largest absolute Gasteiger partial charge is 0.471 e. The number of benzene rings is 2. The number of halogens is 3. The summed E-state index contributed by atoms with van der Waals surface area (Å²) in [5.41, 5.74) is 1.34. The fraction of sp³-hybridized carbons (Fsp3) is 0.440. The number of hydrogen-bond acceptors (Lipinski definition) is 2. The normalized spacial score (nSPS) is 19.9. The molecule has 1 aliphatic rings. The van der Waals surface area contributed by atoms with E-state index in [1.54, 1.807) is 17.0 Å². The van der Waals surface area contributed by atoms with Crippen LogP contribution in [0.2, 0.25) is 0 Å². The van der Waals surface area contributed by atoms with Gasteiger partial charge in [-0.3, -0.25) is 9.59 Å². The van der Waals surface area contributed by atoms with Crippen LogP contribution in [-0.2, 0) is 15.0 Å². The second kappa shape index (κ2) is 8.60. The van der Waals surface area contributed by atoms with E-state index < -0.39 is 23.0 Å². The molecule has 1 aliphatic heterocycles. The Morgan fingerprint density at radius 1 is 1.06 bits per heavy atom. The van der Waals surface area contributed by atoms with Crippen molar-refractivity contribution in [3.8, 4) is 0 Å². The highest BCUT2D eigenvalue weighted by atomic mass is 19.4. The molecule has 0 spiro atoms. The number of unbranched alkanes of at least 4 members (excludes halogenated alkanes) is 1. The quantitative estimate of drug-likeness (QED) is 0.595. The molecule has 0 fully saturated rings. The van der Waals surface area contributed by atoms with Crippen LogP contribution in [0.5, 0.6) is 0 Å². The maximum Gasteiger partial charge on any atom is 0.471 e.